The van der Waals surface area contributed by atoms with E-state index in [1.807, 2.05) is 24.8 Å². The van der Waals surface area contributed by atoms with Gasteiger partial charge in [-0.05, 0) is 56.8 Å². The number of aliphatic carboxylic acids is 1. The molecule has 4 heteroatoms. The highest BCUT2D eigenvalue weighted by atomic mass is 19.1. The summed E-state index contributed by atoms with van der Waals surface area (Å²) in [5.74, 6) is -0.976. The maximum atomic E-state index is 13.8. The summed E-state index contributed by atoms with van der Waals surface area (Å²) in [6, 6.07) is 5.11. The van der Waals surface area contributed by atoms with Crippen LogP contribution in [0.1, 0.15) is 56.7 Å². The van der Waals surface area contributed by atoms with Crippen LogP contribution in [0.5, 0.6) is 0 Å². The molecule has 1 fully saturated rings. The van der Waals surface area contributed by atoms with Crippen molar-refractivity contribution < 1.29 is 14.3 Å². The van der Waals surface area contributed by atoms with Crippen molar-refractivity contribution in [2.24, 2.45) is 0 Å². The molecule has 2 rings (SSSR count). The topological polar surface area (TPSA) is 40.5 Å². The Morgan fingerprint density at radius 1 is 1.52 bits per heavy atom. The normalized spacial score (nSPS) is 24.2. The molecule has 2 unspecified atom stereocenters. The summed E-state index contributed by atoms with van der Waals surface area (Å²) >= 11 is 0. The third-order valence-electron chi connectivity index (χ3n) is 4.75. The molecule has 3 nitrogen and oxygen atoms in total. The van der Waals surface area contributed by atoms with Crippen molar-refractivity contribution in [3.8, 4) is 0 Å². The first-order valence-corrected chi connectivity index (χ1v) is 7.68. The average molecular weight is 293 g/mol. The van der Waals surface area contributed by atoms with E-state index in [0.717, 1.165) is 24.9 Å². The molecule has 0 bridgehead atoms. The molecule has 1 aliphatic heterocycles. The Balaban J connectivity index is 2.33. The molecule has 0 radical (unpaired) electrons. The monoisotopic (exact) mass is 293 g/mol. The molecule has 1 aliphatic rings. The summed E-state index contributed by atoms with van der Waals surface area (Å²) in [4.78, 5) is 13.9. The molecule has 0 amide bonds. The van der Waals surface area contributed by atoms with E-state index in [0.29, 0.717) is 18.4 Å². The lowest BCUT2D eigenvalue weighted by Crippen LogP contribution is -2.51. The molecular weight excluding hydrogens is 269 g/mol. The van der Waals surface area contributed by atoms with Crippen molar-refractivity contribution in [2.45, 2.75) is 58.0 Å². The van der Waals surface area contributed by atoms with Crippen molar-refractivity contribution in [3.63, 3.8) is 0 Å². The Labute approximate surface area is 125 Å². The van der Waals surface area contributed by atoms with E-state index in [-0.39, 0.29) is 11.9 Å². The number of rotatable bonds is 5. The first-order valence-electron chi connectivity index (χ1n) is 7.68. The minimum atomic E-state index is -0.796. The Bertz CT molecular complexity index is 532. The zero-order chi connectivity index (χ0) is 15.6. The van der Waals surface area contributed by atoms with Gasteiger partial charge in [0, 0.05) is 6.04 Å². The summed E-state index contributed by atoms with van der Waals surface area (Å²) in [5.41, 5.74) is 0.669. The SMILES string of the molecule is CCCC1(C(=O)O)CCCN1C(C)c1ccc(C)c(F)c1. The summed E-state index contributed by atoms with van der Waals surface area (Å²) in [6.07, 6.45) is 3.03. The average Bonchev–Trinajstić information content (AvgIpc) is 2.86. The lowest BCUT2D eigenvalue weighted by Gasteiger charge is -2.39. The maximum Gasteiger partial charge on any atom is 0.324 e. The fourth-order valence-corrected chi connectivity index (χ4v) is 3.53. The molecule has 1 saturated heterocycles. The minimum Gasteiger partial charge on any atom is -0.480 e. The molecule has 0 spiro atoms. The number of benzene rings is 1. The van der Waals surface area contributed by atoms with Gasteiger partial charge < -0.3 is 5.11 Å². The molecular formula is C17H24FNO2. The largest absolute Gasteiger partial charge is 0.480 e. The smallest absolute Gasteiger partial charge is 0.324 e. The standard InChI is InChI=1S/C17H24FNO2/c1-4-8-17(16(20)21)9-5-10-19(17)13(3)14-7-6-12(2)15(18)11-14/h6-7,11,13H,4-5,8-10H2,1-3H3,(H,20,21). The van der Waals surface area contributed by atoms with E-state index in [4.69, 9.17) is 0 Å². The number of likely N-dealkylation sites (tertiary alicyclic amines) is 1. The highest BCUT2D eigenvalue weighted by molar-refractivity contribution is 5.79. The highest BCUT2D eigenvalue weighted by Gasteiger charge is 2.48. The molecule has 116 valence electrons. The predicted molar refractivity (Wildman–Crippen MR) is 80.8 cm³/mol. The van der Waals surface area contributed by atoms with Crippen molar-refractivity contribution in [3.05, 3.63) is 35.1 Å². The summed E-state index contributed by atoms with van der Waals surface area (Å²) < 4.78 is 13.8. The zero-order valence-electron chi connectivity index (χ0n) is 13.0. The van der Waals surface area contributed by atoms with Crippen LogP contribution in [0.2, 0.25) is 0 Å². The number of hydrogen-bond donors (Lipinski definition) is 1. The van der Waals surface area contributed by atoms with Crippen LogP contribution in [0.15, 0.2) is 18.2 Å². The second kappa shape index (κ2) is 6.14. The summed E-state index contributed by atoms with van der Waals surface area (Å²) in [5, 5.41) is 9.74. The van der Waals surface area contributed by atoms with E-state index in [2.05, 4.69) is 0 Å². The molecule has 2 atom stereocenters. The lowest BCUT2D eigenvalue weighted by atomic mass is 9.89. The number of aryl methyl sites for hydroxylation is 1. The summed E-state index contributed by atoms with van der Waals surface area (Å²) in [6.45, 7) is 6.47. The van der Waals surface area contributed by atoms with Crippen LogP contribution < -0.4 is 0 Å². The van der Waals surface area contributed by atoms with Gasteiger partial charge in [-0.2, -0.15) is 0 Å². The third kappa shape index (κ3) is 2.82. The second-order valence-electron chi connectivity index (χ2n) is 6.07. The summed E-state index contributed by atoms with van der Waals surface area (Å²) in [7, 11) is 0. The zero-order valence-corrected chi connectivity index (χ0v) is 13.0. The van der Waals surface area contributed by atoms with Gasteiger partial charge in [0.15, 0.2) is 0 Å². The van der Waals surface area contributed by atoms with Gasteiger partial charge in [0.05, 0.1) is 0 Å². The van der Waals surface area contributed by atoms with Crippen LogP contribution in [0.25, 0.3) is 0 Å². The van der Waals surface area contributed by atoms with Gasteiger partial charge in [-0.15, -0.1) is 0 Å². The van der Waals surface area contributed by atoms with Gasteiger partial charge in [0.2, 0.25) is 0 Å². The van der Waals surface area contributed by atoms with E-state index in [9.17, 15) is 14.3 Å². The molecule has 1 aromatic rings. The van der Waals surface area contributed by atoms with Gasteiger partial charge in [-0.3, -0.25) is 9.69 Å². The molecule has 21 heavy (non-hydrogen) atoms. The van der Waals surface area contributed by atoms with E-state index in [1.165, 1.54) is 6.07 Å². The molecule has 1 heterocycles. The molecule has 1 N–H and O–H groups in total. The van der Waals surface area contributed by atoms with Crippen LogP contribution in [0.4, 0.5) is 4.39 Å². The highest BCUT2D eigenvalue weighted by Crippen LogP contribution is 2.40. The van der Waals surface area contributed by atoms with Crippen molar-refractivity contribution in [1.29, 1.82) is 0 Å². The van der Waals surface area contributed by atoms with Crippen molar-refractivity contribution in [1.82, 2.24) is 4.90 Å². The number of hydrogen-bond acceptors (Lipinski definition) is 2. The number of carboxylic acid groups (broad SMARTS) is 1. The van der Waals surface area contributed by atoms with Crippen molar-refractivity contribution in [2.75, 3.05) is 6.54 Å². The Kier molecular flexibility index (Phi) is 4.67. The Morgan fingerprint density at radius 2 is 2.24 bits per heavy atom. The van der Waals surface area contributed by atoms with Crippen LogP contribution in [0.3, 0.4) is 0 Å². The van der Waals surface area contributed by atoms with Gasteiger partial charge in [-0.25, -0.2) is 4.39 Å². The fourth-order valence-electron chi connectivity index (χ4n) is 3.53. The Morgan fingerprint density at radius 3 is 2.81 bits per heavy atom. The predicted octanol–water partition coefficient (Wildman–Crippen LogP) is 3.91. The minimum absolute atomic E-state index is 0.0924. The van der Waals surface area contributed by atoms with Gasteiger partial charge in [-0.1, -0.05) is 25.5 Å². The molecule has 0 saturated carbocycles. The van der Waals surface area contributed by atoms with E-state index >= 15 is 0 Å². The fraction of sp³-hybridized carbons (Fsp3) is 0.588. The van der Waals surface area contributed by atoms with Crippen LogP contribution in [-0.2, 0) is 4.79 Å². The molecule has 0 aromatic heterocycles. The molecule has 1 aromatic carbocycles. The first-order chi connectivity index (χ1) is 9.92. The number of halogens is 1. The van der Waals surface area contributed by atoms with Crippen LogP contribution in [0, 0.1) is 12.7 Å². The van der Waals surface area contributed by atoms with Crippen LogP contribution in [-0.4, -0.2) is 28.1 Å². The van der Waals surface area contributed by atoms with Crippen molar-refractivity contribution >= 4 is 5.97 Å². The number of carbonyl (C=O) groups is 1. The first kappa shape index (κ1) is 16.0. The van der Waals surface area contributed by atoms with E-state index < -0.39 is 11.5 Å². The lowest BCUT2D eigenvalue weighted by molar-refractivity contribution is -0.151. The van der Waals surface area contributed by atoms with Gasteiger partial charge in [0.25, 0.3) is 0 Å². The van der Waals surface area contributed by atoms with Gasteiger partial charge >= 0.3 is 5.97 Å². The van der Waals surface area contributed by atoms with Crippen LogP contribution >= 0.6 is 0 Å². The third-order valence-corrected chi connectivity index (χ3v) is 4.75. The maximum absolute atomic E-state index is 13.8. The number of nitrogens with zero attached hydrogens (tertiary/aromatic N) is 1. The van der Waals surface area contributed by atoms with Gasteiger partial charge in [0.1, 0.15) is 11.4 Å². The number of carboxylic acids is 1. The van der Waals surface area contributed by atoms with E-state index in [1.54, 1.807) is 13.0 Å². The molecule has 0 aliphatic carbocycles. The quantitative estimate of drug-likeness (QED) is 0.894. The second-order valence-corrected chi connectivity index (χ2v) is 6.07. The Hall–Kier alpha value is -1.42.